The summed E-state index contributed by atoms with van der Waals surface area (Å²) in [4.78, 5) is 8.36. The molecule has 1 aliphatic heterocycles. The molecule has 26 heavy (non-hydrogen) atoms. The molecule has 0 amide bonds. The Bertz CT molecular complexity index is 930. The van der Waals surface area contributed by atoms with Gasteiger partial charge in [-0.1, -0.05) is 17.4 Å². The number of benzene rings is 1. The van der Waals surface area contributed by atoms with E-state index in [1.54, 1.807) is 14.2 Å². The number of hydrogen-bond acceptors (Lipinski definition) is 7. The molecule has 3 heterocycles. The molecule has 0 radical (unpaired) electrons. The van der Waals surface area contributed by atoms with Gasteiger partial charge in [-0.15, -0.1) is 5.10 Å². The zero-order chi connectivity index (χ0) is 18.3. The van der Waals surface area contributed by atoms with Crippen LogP contribution in [-0.2, 0) is 0 Å². The van der Waals surface area contributed by atoms with E-state index in [-0.39, 0.29) is 11.9 Å². The summed E-state index contributed by atoms with van der Waals surface area (Å²) in [6.07, 6.45) is 2.31. The van der Waals surface area contributed by atoms with Crippen LogP contribution in [0.4, 0.5) is 0 Å². The van der Waals surface area contributed by atoms with E-state index in [0.717, 1.165) is 36.4 Å². The maximum absolute atomic E-state index is 10.8. The van der Waals surface area contributed by atoms with Crippen LogP contribution < -0.4 is 9.47 Å². The molecule has 1 aliphatic rings. The van der Waals surface area contributed by atoms with Crippen LogP contribution in [0.2, 0.25) is 0 Å². The van der Waals surface area contributed by atoms with E-state index in [4.69, 9.17) is 9.47 Å². The van der Waals surface area contributed by atoms with Gasteiger partial charge in [0.1, 0.15) is 5.82 Å². The van der Waals surface area contributed by atoms with Crippen molar-refractivity contribution in [3.05, 3.63) is 34.5 Å². The summed E-state index contributed by atoms with van der Waals surface area (Å²) in [5.74, 6) is 2.20. The van der Waals surface area contributed by atoms with Gasteiger partial charge in [-0.25, -0.2) is 4.98 Å². The zero-order valence-corrected chi connectivity index (χ0v) is 15.9. The lowest BCUT2D eigenvalue weighted by atomic mass is 10.0. The Morgan fingerprint density at radius 3 is 2.54 bits per heavy atom. The van der Waals surface area contributed by atoms with E-state index in [1.807, 2.05) is 25.1 Å². The third kappa shape index (κ3) is 2.79. The molecule has 138 valence electrons. The number of aryl methyl sites for hydroxylation is 1. The average molecular weight is 374 g/mol. The predicted octanol–water partition coefficient (Wildman–Crippen LogP) is 3.01. The number of hydrogen-bond donors (Lipinski definition) is 1. The number of likely N-dealkylation sites (tertiary alicyclic amines) is 1. The Kier molecular flexibility index (Phi) is 4.46. The van der Waals surface area contributed by atoms with Gasteiger partial charge in [0.05, 0.1) is 25.1 Å². The molecule has 0 saturated carbocycles. The van der Waals surface area contributed by atoms with Gasteiger partial charge in [-0.2, -0.15) is 4.52 Å². The second kappa shape index (κ2) is 6.77. The number of thiazole rings is 1. The molecule has 1 aromatic carbocycles. The minimum atomic E-state index is -0.0638. The first-order valence-electron chi connectivity index (χ1n) is 8.63. The second-order valence-electron chi connectivity index (χ2n) is 6.40. The van der Waals surface area contributed by atoms with Gasteiger partial charge in [0, 0.05) is 0 Å². The van der Waals surface area contributed by atoms with Crippen molar-refractivity contribution in [2.45, 2.75) is 25.8 Å². The Morgan fingerprint density at radius 1 is 1.15 bits per heavy atom. The fraction of sp³-hybridized carbons (Fsp3) is 0.444. The van der Waals surface area contributed by atoms with Crippen LogP contribution in [0, 0.1) is 6.92 Å². The van der Waals surface area contributed by atoms with Gasteiger partial charge in [0.15, 0.2) is 11.5 Å². The first-order valence-corrected chi connectivity index (χ1v) is 9.45. The Morgan fingerprint density at radius 2 is 1.88 bits per heavy atom. The highest BCUT2D eigenvalue weighted by atomic mass is 32.1. The summed E-state index contributed by atoms with van der Waals surface area (Å²) >= 11 is 1.48. The van der Waals surface area contributed by atoms with Gasteiger partial charge in [-0.3, -0.25) is 4.90 Å². The van der Waals surface area contributed by atoms with Crippen molar-refractivity contribution in [3.63, 3.8) is 0 Å². The minimum Gasteiger partial charge on any atom is -0.493 e. The van der Waals surface area contributed by atoms with E-state index in [2.05, 4.69) is 15.0 Å². The molecule has 3 aromatic rings. The molecule has 1 N–H and O–H groups in total. The summed E-state index contributed by atoms with van der Waals surface area (Å²) in [5.41, 5.74) is 1.06. The molecule has 0 aliphatic carbocycles. The van der Waals surface area contributed by atoms with Gasteiger partial charge < -0.3 is 14.6 Å². The molecule has 1 unspecified atom stereocenters. The number of rotatable bonds is 5. The summed E-state index contributed by atoms with van der Waals surface area (Å²) in [6, 6.07) is 5.87. The van der Waals surface area contributed by atoms with Crippen molar-refractivity contribution in [2.75, 3.05) is 27.3 Å². The van der Waals surface area contributed by atoms with Crippen molar-refractivity contribution in [3.8, 4) is 17.4 Å². The van der Waals surface area contributed by atoms with Gasteiger partial charge in [0.25, 0.3) is 0 Å². The van der Waals surface area contributed by atoms with Crippen molar-refractivity contribution in [2.24, 2.45) is 0 Å². The van der Waals surface area contributed by atoms with E-state index in [0.29, 0.717) is 22.3 Å². The molecular formula is C18H22N4O3S. The maximum Gasteiger partial charge on any atom is 0.230 e. The van der Waals surface area contributed by atoms with Crippen LogP contribution in [0.5, 0.6) is 17.4 Å². The van der Waals surface area contributed by atoms with Crippen LogP contribution in [0.3, 0.4) is 0 Å². The van der Waals surface area contributed by atoms with Crippen molar-refractivity contribution in [1.82, 2.24) is 19.5 Å². The largest absolute Gasteiger partial charge is 0.493 e. The smallest absolute Gasteiger partial charge is 0.230 e. The lowest BCUT2D eigenvalue weighted by Gasteiger charge is -2.27. The lowest BCUT2D eigenvalue weighted by molar-refractivity contribution is 0.275. The van der Waals surface area contributed by atoms with Crippen LogP contribution in [0.1, 0.15) is 35.1 Å². The molecule has 0 spiro atoms. The molecular weight excluding hydrogens is 352 g/mol. The molecule has 0 bridgehead atoms. The first-order chi connectivity index (χ1) is 12.6. The third-order valence-electron chi connectivity index (χ3n) is 4.78. The van der Waals surface area contributed by atoms with E-state index in [9.17, 15) is 5.11 Å². The quantitative estimate of drug-likeness (QED) is 0.740. The van der Waals surface area contributed by atoms with E-state index >= 15 is 0 Å². The number of ether oxygens (including phenoxy) is 2. The van der Waals surface area contributed by atoms with Crippen LogP contribution in [0.15, 0.2) is 18.2 Å². The zero-order valence-electron chi connectivity index (χ0n) is 15.1. The summed E-state index contributed by atoms with van der Waals surface area (Å²) in [6.45, 7) is 3.81. The number of aromatic hydroxyl groups is 1. The Balaban J connectivity index is 1.84. The topological polar surface area (TPSA) is 72.1 Å². The SMILES string of the molecule is COc1ccc(C(c2sc3nc(C)nn3c2O)N2CCCC2)cc1OC. The van der Waals surface area contributed by atoms with Crippen LogP contribution in [-0.4, -0.2) is 51.9 Å². The highest BCUT2D eigenvalue weighted by Gasteiger charge is 2.31. The van der Waals surface area contributed by atoms with Gasteiger partial charge >= 0.3 is 0 Å². The Labute approximate surface area is 155 Å². The molecule has 4 rings (SSSR count). The Hall–Kier alpha value is -2.32. The maximum atomic E-state index is 10.8. The number of aromatic nitrogens is 3. The lowest BCUT2D eigenvalue weighted by Crippen LogP contribution is -2.26. The summed E-state index contributed by atoms with van der Waals surface area (Å²) in [5, 5.41) is 15.1. The molecule has 1 saturated heterocycles. The molecule has 2 aromatic heterocycles. The molecule has 1 atom stereocenters. The first kappa shape index (κ1) is 17.1. The predicted molar refractivity (Wildman–Crippen MR) is 99.5 cm³/mol. The standard InChI is InChI=1S/C18H22N4O3S/c1-11-19-18-22(20-11)17(23)16(26-18)15(21-8-4-5-9-21)12-6-7-13(24-2)14(10-12)25-3/h6-7,10,15,23H,4-5,8-9H2,1-3H3. The minimum absolute atomic E-state index is 0.0638. The third-order valence-corrected chi connectivity index (χ3v) is 5.86. The van der Waals surface area contributed by atoms with Gasteiger partial charge in [0.2, 0.25) is 10.8 Å². The number of nitrogens with zero attached hydrogens (tertiary/aromatic N) is 4. The van der Waals surface area contributed by atoms with Crippen molar-refractivity contribution >= 4 is 16.3 Å². The van der Waals surface area contributed by atoms with Crippen LogP contribution >= 0.6 is 11.3 Å². The summed E-state index contributed by atoms with van der Waals surface area (Å²) in [7, 11) is 3.26. The molecule has 1 fully saturated rings. The van der Waals surface area contributed by atoms with E-state index < -0.39 is 0 Å². The van der Waals surface area contributed by atoms with Crippen molar-refractivity contribution < 1.29 is 14.6 Å². The fourth-order valence-electron chi connectivity index (χ4n) is 3.58. The second-order valence-corrected chi connectivity index (χ2v) is 7.41. The number of fused-ring (bicyclic) bond motifs is 1. The van der Waals surface area contributed by atoms with Crippen LogP contribution in [0.25, 0.3) is 4.96 Å². The van der Waals surface area contributed by atoms with Gasteiger partial charge in [-0.05, 0) is 50.6 Å². The highest BCUT2D eigenvalue weighted by Crippen LogP contribution is 2.43. The molecule has 8 heteroatoms. The summed E-state index contributed by atoms with van der Waals surface area (Å²) < 4.78 is 12.4. The van der Waals surface area contributed by atoms with E-state index in [1.165, 1.54) is 15.9 Å². The number of methoxy groups -OCH3 is 2. The van der Waals surface area contributed by atoms with Crippen molar-refractivity contribution in [1.29, 1.82) is 0 Å². The average Bonchev–Trinajstić information content (AvgIpc) is 3.35. The normalized spacial score (nSPS) is 16.3. The fourth-order valence-corrected chi connectivity index (χ4v) is 4.74. The molecule has 7 nitrogen and oxygen atoms in total. The highest BCUT2D eigenvalue weighted by molar-refractivity contribution is 7.17. The monoisotopic (exact) mass is 374 g/mol.